The van der Waals surface area contributed by atoms with Crippen molar-refractivity contribution in [2.24, 2.45) is 0 Å². The predicted octanol–water partition coefficient (Wildman–Crippen LogP) is 3.29. The van der Waals surface area contributed by atoms with Crippen LogP contribution in [0.5, 0.6) is 0 Å². The quantitative estimate of drug-likeness (QED) is 0.245. The highest BCUT2D eigenvalue weighted by Crippen LogP contribution is 2.33. The average molecular weight is 545 g/mol. The van der Waals surface area contributed by atoms with Crippen LogP contribution in [-0.2, 0) is 11.3 Å². The molecule has 0 bridgehead atoms. The van der Waals surface area contributed by atoms with Crippen molar-refractivity contribution in [3.63, 3.8) is 0 Å². The third-order valence-electron chi connectivity index (χ3n) is 6.93. The van der Waals surface area contributed by atoms with Crippen LogP contribution in [0.25, 0.3) is 21.9 Å². The van der Waals surface area contributed by atoms with Gasteiger partial charge in [0, 0.05) is 6.54 Å². The number of rotatable bonds is 7. The third-order valence-corrected chi connectivity index (χ3v) is 7.26. The van der Waals surface area contributed by atoms with E-state index in [0.717, 1.165) is 16.3 Å². The number of carbonyl (C=O) groups is 1. The van der Waals surface area contributed by atoms with E-state index in [-0.39, 0.29) is 10.6 Å². The maximum atomic E-state index is 13.0. The summed E-state index contributed by atoms with van der Waals surface area (Å²) in [5, 5.41) is 29.4. The molecule has 4 atom stereocenters. The van der Waals surface area contributed by atoms with Crippen LogP contribution < -0.4 is 10.6 Å². The van der Waals surface area contributed by atoms with Crippen LogP contribution in [0.15, 0.2) is 79.4 Å². The Balaban J connectivity index is 1.29. The van der Waals surface area contributed by atoms with Crippen LogP contribution in [-0.4, -0.2) is 60.5 Å². The summed E-state index contributed by atoms with van der Waals surface area (Å²) in [6.45, 7) is 0.0810. The standard InChI is InChI=1S/C28H25ClN6O4/c29-20-11-4-3-10-19(20)27(38)34-22-24(37)21(13-36)39-28(22)35-15-33-23-25(31-14-32-26(23)35)30-12-17-8-5-7-16-6-1-2-9-18(16)17/h1-11,14-15,21-22,24,28,36-37H,12-13H2,(H,34,38)(H,30,31,32)/t21-,22-,24-,28-/m1/s1. The third kappa shape index (κ3) is 4.68. The van der Waals surface area contributed by atoms with Gasteiger partial charge in [0.05, 0.1) is 23.5 Å². The van der Waals surface area contributed by atoms with E-state index >= 15 is 0 Å². The second-order valence-electron chi connectivity index (χ2n) is 9.26. The Morgan fingerprint density at radius 1 is 1.03 bits per heavy atom. The van der Waals surface area contributed by atoms with Gasteiger partial charge in [-0.3, -0.25) is 9.36 Å². The highest BCUT2D eigenvalue weighted by Gasteiger charge is 2.46. The molecular weight excluding hydrogens is 520 g/mol. The monoisotopic (exact) mass is 544 g/mol. The molecule has 0 saturated carbocycles. The van der Waals surface area contributed by atoms with Crippen molar-refractivity contribution in [2.45, 2.75) is 31.0 Å². The Morgan fingerprint density at radius 2 is 1.82 bits per heavy atom. The first-order valence-corrected chi connectivity index (χ1v) is 12.8. The summed E-state index contributed by atoms with van der Waals surface area (Å²) in [7, 11) is 0. The van der Waals surface area contributed by atoms with E-state index in [1.165, 1.54) is 12.7 Å². The zero-order chi connectivity index (χ0) is 26.9. The van der Waals surface area contributed by atoms with Crippen molar-refractivity contribution in [3.8, 4) is 0 Å². The summed E-state index contributed by atoms with van der Waals surface area (Å²) in [6.07, 6.45) is -0.0641. The van der Waals surface area contributed by atoms with E-state index < -0.39 is 37.0 Å². The van der Waals surface area contributed by atoms with Gasteiger partial charge in [0.15, 0.2) is 23.2 Å². The second kappa shape index (κ2) is 10.6. The van der Waals surface area contributed by atoms with E-state index in [2.05, 4.69) is 49.9 Å². The lowest BCUT2D eigenvalue weighted by atomic mass is 10.0. The molecule has 1 aliphatic rings. The lowest BCUT2D eigenvalue weighted by Gasteiger charge is -2.23. The number of benzene rings is 3. The lowest BCUT2D eigenvalue weighted by Crippen LogP contribution is -2.46. The zero-order valence-corrected chi connectivity index (χ0v) is 21.4. The van der Waals surface area contributed by atoms with E-state index in [9.17, 15) is 15.0 Å². The van der Waals surface area contributed by atoms with Crippen LogP contribution in [0.1, 0.15) is 22.1 Å². The number of fused-ring (bicyclic) bond motifs is 2. The SMILES string of the molecule is O=C(N[C@@H]1[C@H](O)[C@@H](CO)O[C@H]1n1cnc2c(NCc3cccc4ccccc34)ncnc21)c1ccccc1Cl. The topological polar surface area (TPSA) is 134 Å². The van der Waals surface area contributed by atoms with E-state index in [0.29, 0.717) is 23.5 Å². The highest BCUT2D eigenvalue weighted by atomic mass is 35.5. The molecule has 2 aromatic heterocycles. The fourth-order valence-electron chi connectivity index (χ4n) is 4.96. The number of imidazole rings is 1. The molecule has 1 saturated heterocycles. The molecule has 3 aromatic carbocycles. The zero-order valence-electron chi connectivity index (χ0n) is 20.6. The second-order valence-corrected chi connectivity index (χ2v) is 9.66. The molecule has 198 valence electrons. The summed E-state index contributed by atoms with van der Waals surface area (Å²) < 4.78 is 7.59. The van der Waals surface area contributed by atoms with Crippen LogP contribution >= 0.6 is 11.6 Å². The normalized spacial score (nSPS) is 20.9. The Bertz CT molecular complexity index is 1650. The van der Waals surface area contributed by atoms with Crippen molar-refractivity contribution >= 4 is 45.3 Å². The smallest absolute Gasteiger partial charge is 0.253 e. The molecule has 5 aromatic rings. The largest absolute Gasteiger partial charge is 0.394 e. The molecular formula is C28H25ClN6O4. The Kier molecular flexibility index (Phi) is 6.84. The van der Waals surface area contributed by atoms with Crippen molar-refractivity contribution in [3.05, 3.63) is 95.5 Å². The molecule has 0 spiro atoms. The molecule has 11 heteroatoms. The van der Waals surface area contributed by atoms with Gasteiger partial charge in [-0.25, -0.2) is 15.0 Å². The maximum Gasteiger partial charge on any atom is 0.253 e. The minimum atomic E-state index is -1.19. The number of nitrogens with zero attached hydrogens (tertiary/aromatic N) is 4. The Hall–Kier alpha value is -4.09. The van der Waals surface area contributed by atoms with Crippen molar-refractivity contribution < 1.29 is 19.7 Å². The van der Waals surface area contributed by atoms with E-state index in [1.807, 2.05) is 18.2 Å². The van der Waals surface area contributed by atoms with Gasteiger partial charge in [-0.1, -0.05) is 66.2 Å². The Morgan fingerprint density at radius 3 is 2.67 bits per heavy atom. The van der Waals surface area contributed by atoms with Crippen LogP contribution in [0.4, 0.5) is 5.82 Å². The summed E-state index contributed by atoms with van der Waals surface area (Å²) in [5.74, 6) is 0.0499. The number of amides is 1. The molecule has 6 rings (SSSR count). The molecule has 1 aliphatic heterocycles. The number of aromatic nitrogens is 4. The minimum absolute atomic E-state index is 0.260. The molecule has 4 N–H and O–H groups in total. The summed E-state index contributed by atoms with van der Waals surface area (Å²) >= 11 is 6.20. The fourth-order valence-corrected chi connectivity index (χ4v) is 5.18. The van der Waals surface area contributed by atoms with Crippen LogP contribution in [0.3, 0.4) is 0 Å². The van der Waals surface area contributed by atoms with E-state index in [4.69, 9.17) is 16.3 Å². The number of aliphatic hydroxyl groups is 2. The minimum Gasteiger partial charge on any atom is -0.394 e. The van der Waals surface area contributed by atoms with Gasteiger partial charge in [0.25, 0.3) is 5.91 Å². The predicted molar refractivity (Wildman–Crippen MR) is 146 cm³/mol. The first-order chi connectivity index (χ1) is 19.0. The van der Waals surface area contributed by atoms with Gasteiger partial charge in [-0.15, -0.1) is 0 Å². The molecule has 10 nitrogen and oxygen atoms in total. The number of anilines is 1. The fraction of sp³-hybridized carbons (Fsp3) is 0.214. The molecule has 0 radical (unpaired) electrons. The number of hydrogen-bond donors (Lipinski definition) is 4. The molecule has 39 heavy (non-hydrogen) atoms. The first-order valence-electron chi connectivity index (χ1n) is 12.4. The van der Waals surface area contributed by atoms with Gasteiger partial charge in [0.2, 0.25) is 0 Å². The number of aliphatic hydroxyl groups excluding tert-OH is 2. The van der Waals surface area contributed by atoms with Crippen molar-refractivity contribution in [1.29, 1.82) is 0 Å². The van der Waals surface area contributed by atoms with Gasteiger partial charge in [-0.05, 0) is 28.5 Å². The van der Waals surface area contributed by atoms with Gasteiger partial charge >= 0.3 is 0 Å². The molecule has 0 aliphatic carbocycles. The number of ether oxygens (including phenoxy) is 1. The van der Waals surface area contributed by atoms with Crippen LogP contribution in [0.2, 0.25) is 5.02 Å². The first kappa shape index (κ1) is 25.2. The van der Waals surface area contributed by atoms with Crippen molar-refractivity contribution in [2.75, 3.05) is 11.9 Å². The molecule has 1 fully saturated rings. The summed E-state index contributed by atoms with van der Waals surface area (Å²) in [4.78, 5) is 26.3. The average Bonchev–Trinajstić information content (AvgIpc) is 3.53. The molecule has 3 heterocycles. The van der Waals surface area contributed by atoms with Crippen molar-refractivity contribution in [1.82, 2.24) is 24.8 Å². The summed E-state index contributed by atoms with van der Waals surface area (Å²) in [5.41, 5.74) is 2.31. The van der Waals surface area contributed by atoms with Gasteiger partial charge < -0.3 is 25.6 Å². The maximum absolute atomic E-state index is 13.0. The number of nitrogens with one attached hydrogen (secondary N) is 2. The van der Waals surface area contributed by atoms with Crippen LogP contribution in [0, 0.1) is 0 Å². The highest BCUT2D eigenvalue weighted by molar-refractivity contribution is 6.33. The van der Waals surface area contributed by atoms with Gasteiger partial charge in [0.1, 0.15) is 24.6 Å². The van der Waals surface area contributed by atoms with Gasteiger partial charge in [-0.2, -0.15) is 0 Å². The number of hydrogen-bond acceptors (Lipinski definition) is 8. The molecule has 0 unspecified atom stereocenters. The number of carbonyl (C=O) groups excluding carboxylic acids is 1. The van der Waals surface area contributed by atoms with E-state index in [1.54, 1.807) is 28.8 Å². The summed E-state index contributed by atoms with van der Waals surface area (Å²) in [6, 6.07) is 20.0. The number of halogens is 1. The Labute approximate surface area is 228 Å². The molecule has 1 amide bonds. The lowest BCUT2D eigenvalue weighted by molar-refractivity contribution is -0.0440.